The van der Waals surface area contributed by atoms with Gasteiger partial charge in [-0.1, -0.05) is 29.3 Å². The molecular weight excluding hydrogens is 283 g/mol. The second-order valence-electron chi connectivity index (χ2n) is 4.29. The molecule has 1 atom stereocenters. The van der Waals surface area contributed by atoms with E-state index in [2.05, 4.69) is 15.4 Å². The number of rotatable bonds is 4. The Balaban J connectivity index is 2.18. The van der Waals surface area contributed by atoms with Gasteiger partial charge in [-0.3, -0.25) is 5.84 Å². The summed E-state index contributed by atoms with van der Waals surface area (Å²) in [5, 5.41) is 1.06. The fourth-order valence-corrected chi connectivity index (χ4v) is 2.03. The molecule has 1 heterocycles. The summed E-state index contributed by atoms with van der Waals surface area (Å²) in [6.45, 7) is 1.94. The average molecular weight is 297 g/mol. The summed E-state index contributed by atoms with van der Waals surface area (Å²) < 4.78 is 0. The van der Waals surface area contributed by atoms with E-state index in [-0.39, 0.29) is 6.04 Å². The van der Waals surface area contributed by atoms with E-state index >= 15 is 0 Å². The fourth-order valence-electron chi connectivity index (χ4n) is 1.71. The zero-order valence-corrected chi connectivity index (χ0v) is 11.9. The quantitative estimate of drug-likeness (QED) is 0.673. The lowest BCUT2D eigenvalue weighted by molar-refractivity contribution is 0.522. The highest BCUT2D eigenvalue weighted by Gasteiger charge is 2.14. The minimum atomic E-state index is -0.169. The van der Waals surface area contributed by atoms with Gasteiger partial charge in [-0.25, -0.2) is 15.4 Å². The monoisotopic (exact) mass is 296 g/mol. The van der Waals surface area contributed by atoms with Gasteiger partial charge in [-0.2, -0.15) is 0 Å². The highest BCUT2D eigenvalue weighted by atomic mass is 35.5. The number of halogens is 2. The van der Waals surface area contributed by atoms with Gasteiger partial charge in [-0.15, -0.1) is 0 Å². The van der Waals surface area contributed by atoms with E-state index in [0.717, 1.165) is 11.1 Å². The smallest absolute Gasteiger partial charge is 0.146 e. The first-order valence-corrected chi connectivity index (χ1v) is 6.54. The molecule has 0 aliphatic heterocycles. The van der Waals surface area contributed by atoms with Crippen molar-refractivity contribution in [3.63, 3.8) is 0 Å². The molecule has 0 bridgehead atoms. The number of hydrazine groups is 1. The van der Waals surface area contributed by atoms with Gasteiger partial charge in [0.1, 0.15) is 5.82 Å². The van der Waals surface area contributed by atoms with Crippen LogP contribution in [0.2, 0.25) is 10.0 Å². The first-order chi connectivity index (χ1) is 9.10. The highest BCUT2D eigenvalue weighted by Crippen LogP contribution is 2.24. The van der Waals surface area contributed by atoms with E-state index in [9.17, 15) is 0 Å². The topological polar surface area (TPSA) is 63.8 Å². The van der Waals surface area contributed by atoms with Crippen LogP contribution in [0, 0.1) is 6.92 Å². The molecule has 6 heteroatoms. The molecule has 0 aliphatic rings. The molecule has 0 saturated carbocycles. The predicted octanol–water partition coefficient (Wildman–Crippen LogP) is 2.84. The van der Waals surface area contributed by atoms with Crippen molar-refractivity contribution in [2.75, 3.05) is 0 Å². The number of nitrogens with two attached hydrogens (primary N) is 1. The number of hydrogen-bond acceptors (Lipinski definition) is 4. The van der Waals surface area contributed by atoms with Crippen molar-refractivity contribution < 1.29 is 0 Å². The van der Waals surface area contributed by atoms with Gasteiger partial charge in [0, 0.05) is 12.4 Å². The van der Waals surface area contributed by atoms with Crippen molar-refractivity contribution in [1.29, 1.82) is 0 Å². The maximum absolute atomic E-state index is 5.99. The Bertz CT molecular complexity index is 557. The van der Waals surface area contributed by atoms with E-state index in [4.69, 9.17) is 29.0 Å². The Hall–Kier alpha value is -1.20. The van der Waals surface area contributed by atoms with Crippen molar-refractivity contribution in [1.82, 2.24) is 15.4 Å². The zero-order chi connectivity index (χ0) is 13.8. The number of nitrogens with zero attached hydrogens (tertiary/aromatic N) is 2. The molecule has 2 aromatic rings. The van der Waals surface area contributed by atoms with Gasteiger partial charge in [-0.05, 0) is 36.6 Å². The number of nitrogens with one attached hydrogen (secondary N) is 1. The van der Waals surface area contributed by atoms with Crippen molar-refractivity contribution >= 4 is 23.2 Å². The summed E-state index contributed by atoms with van der Waals surface area (Å²) in [4.78, 5) is 8.55. The van der Waals surface area contributed by atoms with Gasteiger partial charge < -0.3 is 0 Å². The van der Waals surface area contributed by atoms with Crippen LogP contribution in [0.4, 0.5) is 0 Å². The lowest BCUT2D eigenvalue weighted by atomic mass is 10.1. The minimum Gasteiger partial charge on any atom is -0.271 e. The van der Waals surface area contributed by atoms with Crippen LogP contribution in [0.15, 0.2) is 30.6 Å². The Morgan fingerprint density at radius 1 is 1.21 bits per heavy atom. The minimum absolute atomic E-state index is 0.169. The van der Waals surface area contributed by atoms with Gasteiger partial charge in [0.15, 0.2) is 0 Å². The highest BCUT2D eigenvalue weighted by molar-refractivity contribution is 6.42. The van der Waals surface area contributed by atoms with E-state index in [1.54, 1.807) is 18.5 Å². The Kier molecular flexibility index (Phi) is 4.71. The lowest BCUT2D eigenvalue weighted by Gasteiger charge is -2.14. The summed E-state index contributed by atoms with van der Waals surface area (Å²) in [6.07, 6.45) is 4.17. The van der Waals surface area contributed by atoms with Gasteiger partial charge in [0.25, 0.3) is 0 Å². The maximum atomic E-state index is 5.99. The number of hydrogen-bond donors (Lipinski definition) is 2. The molecule has 0 spiro atoms. The summed E-state index contributed by atoms with van der Waals surface area (Å²) in [5.41, 5.74) is 4.74. The molecule has 0 fully saturated rings. The zero-order valence-electron chi connectivity index (χ0n) is 10.4. The van der Waals surface area contributed by atoms with Crippen molar-refractivity contribution in [3.8, 4) is 0 Å². The second-order valence-corrected chi connectivity index (χ2v) is 5.10. The molecule has 2 rings (SSSR count). The largest absolute Gasteiger partial charge is 0.271 e. The van der Waals surface area contributed by atoms with Crippen LogP contribution >= 0.6 is 23.2 Å². The van der Waals surface area contributed by atoms with Crippen LogP contribution in [0.5, 0.6) is 0 Å². The Morgan fingerprint density at radius 2 is 1.89 bits per heavy atom. The van der Waals surface area contributed by atoms with Gasteiger partial charge >= 0.3 is 0 Å². The Morgan fingerprint density at radius 3 is 2.47 bits per heavy atom. The molecule has 1 aromatic carbocycles. The number of aryl methyl sites for hydroxylation is 1. The van der Waals surface area contributed by atoms with Gasteiger partial charge in [0.2, 0.25) is 0 Å². The molecule has 0 saturated heterocycles. The molecule has 0 aliphatic carbocycles. The van der Waals surface area contributed by atoms with Crippen LogP contribution in [0.1, 0.15) is 23.0 Å². The predicted molar refractivity (Wildman–Crippen MR) is 77.0 cm³/mol. The maximum Gasteiger partial charge on any atom is 0.146 e. The molecule has 3 N–H and O–H groups in total. The lowest BCUT2D eigenvalue weighted by Crippen LogP contribution is -2.31. The van der Waals surface area contributed by atoms with Crippen molar-refractivity contribution in [2.45, 2.75) is 19.4 Å². The summed E-state index contributed by atoms with van der Waals surface area (Å²) >= 11 is 11.9. The van der Waals surface area contributed by atoms with Crippen LogP contribution in [0.25, 0.3) is 0 Å². The molecule has 0 radical (unpaired) electrons. The van der Waals surface area contributed by atoms with E-state index in [1.807, 2.05) is 19.1 Å². The molecular formula is C13H14Cl2N4. The number of aromatic nitrogens is 2. The van der Waals surface area contributed by atoms with Crippen LogP contribution in [-0.4, -0.2) is 9.97 Å². The van der Waals surface area contributed by atoms with Crippen LogP contribution < -0.4 is 11.3 Å². The molecule has 1 aromatic heterocycles. The third-order valence-corrected chi connectivity index (χ3v) is 3.48. The number of benzene rings is 1. The summed E-state index contributed by atoms with van der Waals surface area (Å²) in [5.74, 6) is 6.22. The average Bonchev–Trinajstić information content (AvgIpc) is 2.41. The van der Waals surface area contributed by atoms with Gasteiger partial charge in [0.05, 0.1) is 16.1 Å². The van der Waals surface area contributed by atoms with E-state index in [0.29, 0.717) is 22.3 Å². The standard InChI is InChI=1S/C13H14Cl2N4/c1-8-6-17-13(18-7-8)12(19-16)5-9-2-3-10(14)11(15)4-9/h2-4,6-7,12,19H,5,16H2,1H3. The third-order valence-electron chi connectivity index (χ3n) is 2.74. The summed E-state index contributed by atoms with van der Waals surface area (Å²) in [7, 11) is 0. The molecule has 100 valence electrons. The van der Waals surface area contributed by atoms with Crippen LogP contribution in [-0.2, 0) is 6.42 Å². The first-order valence-electron chi connectivity index (χ1n) is 5.78. The van der Waals surface area contributed by atoms with E-state index in [1.165, 1.54) is 0 Å². The van der Waals surface area contributed by atoms with Crippen LogP contribution in [0.3, 0.4) is 0 Å². The van der Waals surface area contributed by atoms with E-state index < -0.39 is 0 Å². The fraction of sp³-hybridized carbons (Fsp3) is 0.231. The Labute approximate surface area is 121 Å². The first kappa shape index (κ1) is 14.2. The normalized spacial score (nSPS) is 12.4. The molecule has 0 amide bonds. The molecule has 19 heavy (non-hydrogen) atoms. The molecule has 4 nitrogen and oxygen atoms in total. The summed E-state index contributed by atoms with van der Waals surface area (Å²) in [6, 6.07) is 5.33. The second kappa shape index (κ2) is 6.30. The van der Waals surface area contributed by atoms with Crippen molar-refractivity contribution in [3.05, 3.63) is 57.6 Å². The SMILES string of the molecule is Cc1cnc(C(Cc2ccc(Cl)c(Cl)c2)NN)nc1. The third kappa shape index (κ3) is 3.64. The molecule has 1 unspecified atom stereocenters. The van der Waals surface area contributed by atoms with Crippen molar-refractivity contribution in [2.24, 2.45) is 5.84 Å².